The van der Waals surface area contributed by atoms with Crippen LogP contribution < -0.4 is 5.73 Å². The van der Waals surface area contributed by atoms with E-state index in [1.165, 1.54) is 12.8 Å². The van der Waals surface area contributed by atoms with Crippen LogP contribution in [0.3, 0.4) is 0 Å². The molecule has 1 saturated heterocycles. The van der Waals surface area contributed by atoms with Gasteiger partial charge in [-0.3, -0.25) is 0 Å². The first-order valence-corrected chi connectivity index (χ1v) is 6.57. The van der Waals surface area contributed by atoms with Crippen LogP contribution in [0.1, 0.15) is 33.6 Å². The van der Waals surface area contributed by atoms with Crippen molar-refractivity contribution in [1.29, 1.82) is 0 Å². The molecule has 2 atom stereocenters. The molecular formula is C13H24N2O2. The van der Waals surface area contributed by atoms with E-state index in [1.54, 1.807) is 0 Å². The number of fused-ring (bicyclic) bond motifs is 1. The summed E-state index contributed by atoms with van der Waals surface area (Å²) < 4.78 is 5.40. The molecule has 1 amide bonds. The van der Waals surface area contributed by atoms with Gasteiger partial charge in [-0.2, -0.15) is 0 Å². The minimum absolute atomic E-state index is 0.156. The van der Waals surface area contributed by atoms with E-state index in [-0.39, 0.29) is 6.09 Å². The number of hydrogen-bond donors (Lipinski definition) is 1. The van der Waals surface area contributed by atoms with E-state index in [2.05, 4.69) is 0 Å². The lowest BCUT2D eigenvalue weighted by molar-refractivity contribution is 0.0278. The topological polar surface area (TPSA) is 55.6 Å². The van der Waals surface area contributed by atoms with E-state index in [9.17, 15) is 4.79 Å². The minimum atomic E-state index is -0.394. The van der Waals surface area contributed by atoms with Gasteiger partial charge in [-0.25, -0.2) is 4.79 Å². The fourth-order valence-corrected chi connectivity index (χ4v) is 3.09. The number of carbonyl (C=O) groups is 1. The number of rotatable bonds is 1. The lowest BCUT2D eigenvalue weighted by atomic mass is 10.0. The average molecular weight is 240 g/mol. The van der Waals surface area contributed by atoms with Gasteiger partial charge in [0.05, 0.1) is 0 Å². The Kier molecular flexibility index (Phi) is 3.34. The fourth-order valence-electron chi connectivity index (χ4n) is 3.09. The molecule has 4 nitrogen and oxygen atoms in total. The van der Waals surface area contributed by atoms with Gasteiger partial charge in [0.15, 0.2) is 0 Å². The maximum atomic E-state index is 11.9. The zero-order chi connectivity index (χ0) is 12.6. The average Bonchev–Trinajstić information content (AvgIpc) is 2.70. The van der Waals surface area contributed by atoms with Gasteiger partial charge in [0.25, 0.3) is 0 Å². The van der Waals surface area contributed by atoms with Crippen LogP contribution in [-0.2, 0) is 4.74 Å². The molecule has 98 valence electrons. The van der Waals surface area contributed by atoms with E-state index < -0.39 is 5.60 Å². The molecule has 0 unspecified atom stereocenters. The molecule has 0 spiro atoms. The predicted molar refractivity (Wildman–Crippen MR) is 66.6 cm³/mol. The molecule has 1 saturated carbocycles. The Labute approximate surface area is 103 Å². The number of carbonyl (C=O) groups excluding carboxylic acids is 1. The summed E-state index contributed by atoms with van der Waals surface area (Å²) in [6.45, 7) is 8.23. The van der Waals surface area contributed by atoms with Crippen LogP contribution in [0, 0.1) is 17.8 Å². The Morgan fingerprint density at radius 1 is 1.29 bits per heavy atom. The van der Waals surface area contributed by atoms with Crippen molar-refractivity contribution in [3.63, 3.8) is 0 Å². The molecular weight excluding hydrogens is 216 g/mol. The van der Waals surface area contributed by atoms with Crippen LogP contribution in [0.5, 0.6) is 0 Å². The van der Waals surface area contributed by atoms with E-state index in [0.717, 1.165) is 19.6 Å². The summed E-state index contributed by atoms with van der Waals surface area (Å²) in [5.74, 6) is 1.97. The summed E-state index contributed by atoms with van der Waals surface area (Å²) in [7, 11) is 0. The molecule has 0 radical (unpaired) electrons. The lowest BCUT2D eigenvalue weighted by Gasteiger charge is -2.25. The van der Waals surface area contributed by atoms with E-state index in [0.29, 0.717) is 17.8 Å². The van der Waals surface area contributed by atoms with E-state index >= 15 is 0 Å². The van der Waals surface area contributed by atoms with Gasteiger partial charge in [-0.15, -0.1) is 0 Å². The van der Waals surface area contributed by atoms with Crippen LogP contribution in [0.2, 0.25) is 0 Å². The van der Waals surface area contributed by atoms with Crippen LogP contribution in [0.25, 0.3) is 0 Å². The van der Waals surface area contributed by atoms with Crippen molar-refractivity contribution in [1.82, 2.24) is 4.90 Å². The zero-order valence-corrected chi connectivity index (χ0v) is 11.1. The van der Waals surface area contributed by atoms with Gasteiger partial charge in [-0.1, -0.05) is 0 Å². The van der Waals surface area contributed by atoms with Gasteiger partial charge < -0.3 is 15.4 Å². The summed E-state index contributed by atoms with van der Waals surface area (Å²) >= 11 is 0. The number of amides is 1. The summed E-state index contributed by atoms with van der Waals surface area (Å²) in [4.78, 5) is 13.8. The molecule has 1 heterocycles. The van der Waals surface area contributed by atoms with E-state index in [1.807, 2.05) is 25.7 Å². The first-order chi connectivity index (χ1) is 7.89. The highest BCUT2D eigenvalue weighted by atomic mass is 16.6. The predicted octanol–water partition coefficient (Wildman–Crippen LogP) is 1.84. The van der Waals surface area contributed by atoms with Gasteiger partial charge in [-0.05, 0) is 57.9 Å². The Morgan fingerprint density at radius 3 is 2.24 bits per heavy atom. The van der Waals surface area contributed by atoms with Crippen molar-refractivity contribution < 1.29 is 9.53 Å². The molecule has 17 heavy (non-hydrogen) atoms. The number of nitrogens with zero attached hydrogens (tertiary/aromatic N) is 1. The molecule has 0 aromatic rings. The third-order valence-corrected chi connectivity index (χ3v) is 3.83. The third-order valence-electron chi connectivity index (χ3n) is 3.83. The minimum Gasteiger partial charge on any atom is -0.444 e. The maximum absolute atomic E-state index is 11.9. The van der Waals surface area contributed by atoms with Crippen molar-refractivity contribution in [2.75, 3.05) is 19.6 Å². The first-order valence-electron chi connectivity index (χ1n) is 6.57. The fraction of sp³-hybridized carbons (Fsp3) is 0.923. The summed E-state index contributed by atoms with van der Waals surface area (Å²) in [6.07, 6.45) is 2.21. The standard InChI is InChI=1S/C13H24N2O2/c1-13(2,3)17-12(16)15-7-10-4-9(6-14)5-11(10)8-15/h9-11H,4-8,14H2,1-3H3/t10-,11-/m0/s1. The molecule has 0 aromatic carbocycles. The highest BCUT2D eigenvalue weighted by Gasteiger charge is 2.42. The quantitative estimate of drug-likeness (QED) is 0.761. The number of hydrogen-bond acceptors (Lipinski definition) is 3. The Hall–Kier alpha value is -0.770. The van der Waals surface area contributed by atoms with Crippen molar-refractivity contribution in [2.24, 2.45) is 23.5 Å². The second-order valence-electron chi connectivity index (χ2n) is 6.48. The Balaban J connectivity index is 1.86. The number of ether oxygens (including phenoxy) is 1. The molecule has 1 aliphatic heterocycles. The smallest absolute Gasteiger partial charge is 0.410 e. The second kappa shape index (κ2) is 4.48. The molecule has 4 heteroatoms. The molecule has 1 aliphatic carbocycles. The van der Waals surface area contributed by atoms with Gasteiger partial charge in [0.2, 0.25) is 0 Å². The van der Waals surface area contributed by atoms with Crippen LogP contribution in [0.15, 0.2) is 0 Å². The number of likely N-dealkylation sites (tertiary alicyclic amines) is 1. The maximum Gasteiger partial charge on any atom is 0.410 e. The summed E-state index contributed by atoms with van der Waals surface area (Å²) in [5.41, 5.74) is 5.32. The molecule has 2 N–H and O–H groups in total. The zero-order valence-electron chi connectivity index (χ0n) is 11.1. The SMILES string of the molecule is CC(C)(C)OC(=O)N1C[C@@H]2CC(CN)C[C@H]2C1. The molecule has 0 aromatic heterocycles. The second-order valence-corrected chi connectivity index (χ2v) is 6.48. The normalized spacial score (nSPS) is 29.5. The lowest BCUT2D eigenvalue weighted by Crippen LogP contribution is -2.36. The van der Waals surface area contributed by atoms with Crippen molar-refractivity contribution in [3.05, 3.63) is 0 Å². The third kappa shape index (κ3) is 2.92. The molecule has 2 aliphatic rings. The Bertz CT molecular complexity index is 284. The van der Waals surface area contributed by atoms with Crippen LogP contribution in [0.4, 0.5) is 4.79 Å². The van der Waals surface area contributed by atoms with Gasteiger partial charge in [0, 0.05) is 13.1 Å². The van der Waals surface area contributed by atoms with Crippen molar-refractivity contribution >= 4 is 6.09 Å². The highest BCUT2D eigenvalue weighted by Crippen LogP contribution is 2.41. The van der Waals surface area contributed by atoms with E-state index in [4.69, 9.17) is 10.5 Å². The summed E-state index contributed by atoms with van der Waals surface area (Å²) in [6, 6.07) is 0. The van der Waals surface area contributed by atoms with Crippen LogP contribution >= 0.6 is 0 Å². The van der Waals surface area contributed by atoms with Crippen molar-refractivity contribution in [3.8, 4) is 0 Å². The summed E-state index contributed by atoms with van der Waals surface area (Å²) in [5, 5.41) is 0. The molecule has 2 rings (SSSR count). The largest absolute Gasteiger partial charge is 0.444 e. The highest BCUT2D eigenvalue weighted by molar-refractivity contribution is 5.68. The molecule has 2 fully saturated rings. The first kappa shape index (κ1) is 12.7. The molecule has 0 bridgehead atoms. The van der Waals surface area contributed by atoms with Gasteiger partial charge >= 0.3 is 6.09 Å². The van der Waals surface area contributed by atoms with Crippen LogP contribution in [-0.4, -0.2) is 36.2 Å². The Morgan fingerprint density at radius 2 is 1.82 bits per heavy atom. The van der Waals surface area contributed by atoms with Crippen molar-refractivity contribution in [2.45, 2.75) is 39.2 Å². The number of nitrogens with two attached hydrogens (primary N) is 1. The van der Waals surface area contributed by atoms with Gasteiger partial charge in [0.1, 0.15) is 5.60 Å². The monoisotopic (exact) mass is 240 g/mol.